The van der Waals surface area contributed by atoms with E-state index in [2.05, 4.69) is 15.8 Å². The molecule has 0 radical (unpaired) electrons. The second-order valence-electron chi connectivity index (χ2n) is 6.59. The van der Waals surface area contributed by atoms with Gasteiger partial charge >= 0.3 is 11.9 Å². The molecule has 1 aromatic carbocycles. The molecule has 26 heavy (non-hydrogen) atoms. The van der Waals surface area contributed by atoms with Crippen LogP contribution in [-0.2, 0) is 20.8 Å². The van der Waals surface area contributed by atoms with Crippen LogP contribution in [0, 0.1) is 13.8 Å². The Morgan fingerprint density at radius 3 is 2.81 bits per heavy atom. The summed E-state index contributed by atoms with van der Waals surface area (Å²) in [6, 6.07) is 1.71. The summed E-state index contributed by atoms with van der Waals surface area (Å²) in [5.74, 6) is -0.554. The van der Waals surface area contributed by atoms with Gasteiger partial charge in [-0.3, -0.25) is 4.79 Å². The van der Waals surface area contributed by atoms with Gasteiger partial charge < -0.3 is 20.2 Å². The lowest BCUT2D eigenvalue weighted by Gasteiger charge is -2.23. The summed E-state index contributed by atoms with van der Waals surface area (Å²) in [5, 5.41) is 7.45. The predicted molar refractivity (Wildman–Crippen MR) is 97.2 cm³/mol. The molecular formula is C19H25N3O4. The zero-order valence-electron chi connectivity index (χ0n) is 15.5. The molecule has 3 rings (SSSR count). The minimum absolute atomic E-state index is 0.106. The molecule has 1 saturated heterocycles. The molecule has 7 heteroatoms. The Kier molecular flexibility index (Phi) is 5.56. The number of nitrogens with zero attached hydrogens (tertiary/aromatic N) is 1. The number of nitrogens with one attached hydrogen (secondary N) is 2. The number of hydrazone groups is 1. The van der Waals surface area contributed by atoms with Gasteiger partial charge in [0.1, 0.15) is 18.4 Å². The van der Waals surface area contributed by atoms with Crippen LogP contribution in [0.1, 0.15) is 52.4 Å². The molecule has 140 valence electrons. The Balaban J connectivity index is 1.81. The highest BCUT2D eigenvalue weighted by Gasteiger charge is 2.26. The molecule has 0 amide bonds. The minimum Gasteiger partial charge on any atom is -0.462 e. The molecule has 1 aromatic rings. The van der Waals surface area contributed by atoms with Gasteiger partial charge in [0, 0.05) is 5.56 Å². The number of benzene rings is 1. The maximum Gasteiger partial charge on any atom is 0.338 e. The smallest absolute Gasteiger partial charge is 0.338 e. The number of carbonyl (C=O) groups is 2. The van der Waals surface area contributed by atoms with Crippen LogP contribution in [0.3, 0.4) is 0 Å². The third-order valence-corrected chi connectivity index (χ3v) is 4.86. The van der Waals surface area contributed by atoms with Gasteiger partial charge in [-0.25, -0.2) is 4.79 Å². The third-order valence-electron chi connectivity index (χ3n) is 4.86. The first-order valence-corrected chi connectivity index (χ1v) is 9.03. The summed E-state index contributed by atoms with van der Waals surface area (Å²) in [5.41, 5.74) is 7.84. The van der Waals surface area contributed by atoms with Gasteiger partial charge in [0.2, 0.25) is 0 Å². The first-order valence-electron chi connectivity index (χ1n) is 9.03. The lowest BCUT2D eigenvalue weighted by atomic mass is 9.90. The molecule has 2 aliphatic rings. The molecule has 0 aliphatic carbocycles. The van der Waals surface area contributed by atoms with Crippen LogP contribution in [0.15, 0.2) is 11.2 Å². The summed E-state index contributed by atoms with van der Waals surface area (Å²) in [6.07, 6.45) is 1.79. The summed E-state index contributed by atoms with van der Waals surface area (Å²) in [7, 11) is 0. The van der Waals surface area contributed by atoms with Crippen LogP contribution in [0.2, 0.25) is 0 Å². The molecule has 0 bridgehead atoms. The summed E-state index contributed by atoms with van der Waals surface area (Å²) in [6.45, 7) is 7.40. The van der Waals surface area contributed by atoms with Gasteiger partial charge in [-0.15, -0.1) is 0 Å². The lowest BCUT2D eigenvalue weighted by Crippen LogP contribution is -2.34. The SMILES string of the molecule is CCOC(=O)c1c(C)cc2c(c1C)CNN=C2COC(=O)[C@@H]1CCCN1. The zero-order chi connectivity index (χ0) is 18.7. The van der Waals surface area contributed by atoms with Crippen LogP contribution in [0.5, 0.6) is 0 Å². The lowest BCUT2D eigenvalue weighted by molar-refractivity contribution is -0.144. The predicted octanol–water partition coefficient (Wildman–Crippen LogP) is 1.58. The maximum absolute atomic E-state index is 12.3. The molecule has 0 saturated carbocycles. The second-order valence-corrected chi connectivity index (χ2v) is 6.59. The van der Waals surface area contributed by atoms with E-state index in [4.69, 9.17) is 9.47 Å². The molecule has 0 spiro atoms. The summed E-state index contributed by atoms with van der Waals surface area (Å²) < 4.78 is 10.6. The largest absolute Gasteiger partial charge is 0.462 e. The fraction of sp³-hybridized carbons (Fsp3) is 0.526. The van der Waals surface area contributed by atoms with Crippen molar-refractivity contribution in [3.63, 3.8) is 0 Å². The van der Waals surface area contributed by atoms with Crippen LogP contribution in [0.4, 0.5) is 0 Å². The Labute approximate surface area is 153 Å². The normalized spacial score (nSPS) is 18.6. The number of hydrogen-bond acceptors (Lipinski definition) is 7. The second kappa shape index (κ2) is 7.86. The number of ether oxygens (including phenoxy) is 2. The highest BCUT2D eigenvalue weighted by molar-refractivity contribution is 6.06. The highest BCUT2D eigenvalue weighted by Crippen LogP contribution is 2.26. The fourth-order valence-corrected chi connectivity index (χ4v) is 3.54. The molecule has 1 atom stereocenters. The van der Waals surface area contributed by atoms with E-state index in [0.717, 1.165) is 41.6 Å². The fourth-order valence-electron chi connectivity index (χ4n) is 3.54. The van der Waals surface area contributed by atoms with Gasteiger partial charge in [-0.05, 0) is 62.9 Å². The van der Waals surface area contributed by atoms with Crippen LogP contribution >= 0.6 is 0 Å². The summed E-state index contributed by atoms with van der Waals surface area (Å²) in [4.78, 5) is 24.4. The first kappa shape index (κ1) is 18.4. The Morgan fingerprint density at radius 1 is 1.31 bits per heavy atom. The standard InChI is InChI=1S/C19H25N3O4/c1-4-25-19(24)17-11(2)8-13-14(12(17)3)9-21-22-16(13)10-26-18(23)15-6-5-7-20-15/h8,15,20-21H,4-7,9-10H2,1-3H3/t15-/m0/s1. The van der Waals surface area contributed by atoms with Gasteiger partial charge in [-0.1, -0.05) is 0 Å². The van der Waals surface area contributed by atoms with E-state index in [1.54, 1.807) is 6.92 Å². The zero-order valence-corrected chi connectivity index (χ0v) is 15.5. The number of rotatable bonds is 5. The average Bonchev–Trinajstić information content (AvgIpc) is 3.15. The van der Waals surface area contributed by atoms with E-state index in [1.165, 1.54) is 0 Å². The topological polar surface area (TPSA) is 89.0 Å². The molecule has 2 N–H and O–H groups in total. The average molecular weight is 359 g/mol. The number of hydrogen-bond donors (Lipinski definition) is 2. The van der Waals surface area contributed by atoms with E-state index in [-0.39, 0.29) is 24.6 Å². The van der Waals surface area contributed by atoms with E-state index in [1.807, 2.05) is 19.9 Å². The Morgan fingerprint density at radius 2 is 2.12 bits per heavy atom. The quantitative estimate of drug-likeness (QED) is 0.776. The molecule has 0 unspecified atom stereocenters. The Hall–Kier alpha value is -2.41. The molecule has 2 aliphatic heterocycles. The van der Waals surface area contributed by atoms with Gasteiger partial charge in [0.25, 0.3) is 0 Å². The van der Waals surface area contributed by atoms with Crippen molar-refractivity contribution < 1.29 is 19.1 Å². The molecule has 1 fully saturated rings. The molecule has 2 heterocycles. The van der Waals surface area contributed by atoms with Crippen LogP contribution in [0.25, 0.3) is 0 Å². The monoisotopic (exact) mass is 359 g/mol. The molecule has 0 aromatic heterocycles. The number of carbonyl (C=O) groups excluding carboxylic acids is 2. The van der Waals surface area contributed by atoms with E-state index in [9.17, 15) is 9.59 Å². The number of fused-ring (bicyclic) bond motifs is 1. The highest BCUT2D eigenvalue weighted by atomic mass is 16.5. The summed E-state index contributed by atoms with van der Waals surface area (Å²) >= 11 is 0. The minimum atomic E-state index is -0.312. The van der Waals surface area contributed by atoms with Crippen molar-refractivity contribution >= 4 is 17.7 Å². The van der Waals surface area contributed by atoms with Crippen LogP contribution < -0.4 is 10.7 Å². The van der Waals surface area contributed by atoms with Crippen molar-refractivity contribution in [2.45, 2.75) is 46.2 Å². The molecule has 7 nitrogen and oxygen atoms in total. The number of esters is 2. The number of aryl methyl sites for hydroxylation is 1. The van der Waals surface area contributed by atoms with Gasteiger partial charge in [-0.2, -0.15) is 5.10 Å². The van der Waals surface area contributed by atoms with Crippen molar-refractivity contribution in [2.75, 3.05) is 19.8 Å². The van der Waals surface area contributed by atoms with Crippen molar-refractivity contribution in [1.29, 1.82) is 0 Å². The Bertz CT molecular complexity index is 752. The first-order chi connectivity index (χ1) is 12.5. The van der Waals surface area contributed by atoms with Crippen molar-refractivity contribution in [1.82, 2.24) is 10.7 Å². The van der Waals surface area contributed by atoms with E-state index < -0.39 is 0 Å². The van der Waals surface area contributed by atoms with Crippen molar-refractivity contribution in [3.8, 4) is 0 Å². The van der Waals surface area contributed by atoms with E-state index in [0.29, 0.717) is 24.4 Å². The van der Waals surface area contributed by atoms with Crippen molar-refractivity contribution in [3.05, 3.63) is 33.9 Å². The molecular weight excluding hydrogens is 334 g/mol. The van der Waals surface area contributed by atoms with Gasteiger partial charge in [0.15, 0.2) is 0 Å². The van der Waals surface area contributed by atoms with Gasteiger partial charge in [0.05, 0.1) is 18.7 Å². The van der Waals surface area contributed by atoms with Crippen molar-refractivity contribution in [2.24, 2.45) is 5.10 Å². The maximum atomic E-state index is 12.3. The third kappa shape index (κ3) is 3.58. The van der Waals surface area contributed by atoms with Crippen LogP contribution in [-0.4, -0.2) is 43.5 Å². The van der Waals surface area contributed by atoms with E-state index >= 15 is 0 Å².